The Morgan fingerprint density at radius 2 is 1.87 bits per heavy atom. The second-order valence-electron chi connectivity index (χ2n) is 12.1. The molecule has 45 heavy (non-hydrogen) atoms. The van der Waals surface area contributed by atoms with Gasteiger partial charge in [0.15, 0.2) is 0 Å². The summed E-state index contributed by atoms with van der Waals surface area (Å²) in [7, 11) is 1.58. The van der Waals surface area contributed by atoms with Crippen LogP contribution in [0.2, 0.25) is 0 Å². The lowest BCUT2D eigenvalue weighted by molar-refractivity contribution is -0.137. The number of rotatable bonds is 11. The largest absolute Gasteiger partial charge is 0.456 e. The topological polar surface area (TPSA) is 127 Å². The van der Waals surface area contributed by atoms with Crippen LogP contribution in [0.3, 0.4) is 0 Å². The number of likely N-dealkylation sites (N-methyl/N-ethyl adjacent to an activating group) is 1. The third-order valence-electron chi connectivity index (χ3n) is 9.06. The summed E-state index contributed by atoms with van der Waals surface area (Å²) in [5.41, 5.74) is 2.67. The van der Waals surface area contributed by atoms with E-state index in [0.717, 1.165) is 30.4 Å². The Labute approximate surface area is 263 Å². The van der Waals surface area contributed by atoms with E-state index < -0.39 is 30.3 Å². The SMILES string of the molecule is CN(C(=O)C1=C[C@H]2OCO[C@H]2[C@H](OC(=O)c2ccc(C=CC3CCC4OC4C3)cc2)C1)[C@H](Cc1ccccc1)C(=O)NCCO. The van der Waals surface area contributed by atoms with Crippen LogP contribution in [0.15, 0.2) is 72.3 Å². The van der Waals surface area contributed by atoms with Crippen molar-refractivity contribution >= 4 is 23.9 Å². The number of epoxide rings is 1. The van der Waals surface area contributed by atoms with Gasteiger partial charge in [-0.2, -0.15) is 0 Å². The van der Waals surface area contributed by atoms with Crippen molar-refractivity contribution in [3.63, 3.8) is 0 Å². The molecule has 2 heterocycles. The van der Waals surface area contributed by atoms with Gasteiger partial charge in [-0.1, -0.05) is 54.6 Å². The van der Waals surface area contributed by atoms with E-state index in [2.05, 4.69) is 17.5 Å². The standard InChI is InChI=1S/C35H40N2O8/c1-37(27(33(39)36-15-16-38)17-23-5-3-2-4-6-23)34(40)26-19-30-32(43-21-42-30)31(20-26)45-35(41)25-12-9-22(10-13-25)7-8-24-11-14-28-29(18-24)44-28/h2-10,12-13,19,24,27-32,38H,11,14-18,20-21H2,1H3,(H,36,39)/t24?,27-,28?,29?,30-,31-,32-/m1/s1. The number of benzene rings is 2. The zero-order chi connectivity index (χ0) is 31.3. The zero-order valence-electron chi connectivity index (χ0n) is 25.4. The van der Waals surface area contributed by atoms with E-state index in [1.54, 1.807) is 25.3 Å². The average molecular weight is 617 g/mol. The van der Waals surface area contributed by atoms with Gasteiger partial charge in [0, 0.05) is 32.0 Å². The second kappa shape index (κ2) is 14.1. The summed E-state index contributed by atoms with van der Waals surface area (Å²) in [5, 5.41) is 11.9. The van der Waals surface area contributed by atoms with Crippen LogP contribution in [-0.4, -0.2) is 91.3 Å². The summed E-state index contributed by atoms with van der Waals surface area (Å²) in [6.07, 6.45) is 8.80. The van der Waals surface area contributed by atoms with Crippen LogP contribution < -0.4 is 5.32 Å². The molecule has 2 aliphatic heterocycles. The minimum Gasteiger partial charge on any atom is -0.456 e. The molecule has 3 fully saturated rings. The third-order valence-corrected chi connectivity index (χ3v) is 9.06. The van der Waals surface area contributed by atoms with Gasteiger partial charge in [-0.15, -0.1) is 0 Å². The first kappa shape index (κ1) is 31.2. The quantitative estimate of drug-likeness (QED) is 0.292. The molecule has 2 saturated heterocycles. The van der Waals surface area contributed by atoms with E-state index in [9.17, 15) is 19.5 Å². The Bertz CT molecular complexity index is 1420. The zero-order valence-corrected chi connectivity index (χ0v) is 25.4. The molecule has 0 radical (unpaired) electrons. The lowest BCUT2D eigenvalue weighted by atomic mass is 9.89. The summed E-state index contributed by atoms with van der Waals surface area (Å²) in [6, 6.07) is 15.9. The molecule has 238 valence electrons. The molecule has 7 atom stereocenters. The fourth-order valence-electron chi connectivity index (χ4n) is 6.42. The van der Waals surface area contributed by atoms with E-state index in [-0.39, 0.29) is 38.2 Å². The van der Waals surface area contributed by atoms with Crippen LogP contribution in [-0.2, 0) is 35.0 Å². The van der Waals surface area contributed by atoms with Gasteiger partial charge in [0.1, 0.15) is 31.1 Å². The molecule has 2 amide bonds. The van der Waals surface area contributed by atoms with Gasteiger partial charge in [0.25, 0.3) is 0 Å². The minimum absolute atomic E-state index is 0.0208. The van der Waals surface area contributed by atoms with Gasteiger partial charge >= 0.3 is 5.97 Å². The van der Waals surface area contributed by atoms with Gasteiger partial charge < -0.3 is 34.3 Å². The van der Waals surface area contributed by atoms with Crippen molar-refractivity contribution in [2.75, 3.05) is 27.0 Å². The molecule has 6 rings (SSSR count). The highest BCUT2D eigenvalue weighted by Gasteiger charge is 2.44. The number of carbonyl (C=O) groups excluding carboxylic acids is 3. The van der Waals surface area contributed by atoms with Gasteiger partial charge in [0.05, 0.1) is 24.4 Å². The van der Waals surface area contributed by atoms with Gasteiger partial charge in [-0.25, -0.2) is 4.79 Å². The molecular formula is C35H40N2O8. The number of nitrogens with one attached hydrogen (secondary N) is 1. The summed E-state index contributed by atoms with van der Waals surface area (Å²) >= 11 is 0. The van der Waals surface area contributed by atoms with E-state index in [1.807, 2.05) is 42.5 Å². The van der Waals surface area contributed by atoms with E-state index in [4.69, 9.17) is 18.9 Å². The van der Waals surface area contributed by atoms with Crippen molar-refractivity contribution in [1.82, 2.24) is 10.2 Å². The molecule has 10 heteroatoms. The predicted octanol–water partition coefficient (Wildman–Crippen LogP) is 3.04. The number of hydrogen-bond acceptors (Lipinski definition) is 8. The van der Waals surface area contributed by atoms with Crippen molar-refractivity contribution in [3.05, 3.63) is 89.0 Å². The van der Waals surface area contributed by atoms with Crippen LogP contribution in [0.5, 0.6) is 0 Å². The molecule has 0 bridgehead atoms. The molecule has 4 aliphatic rings. The number of fused-ring (bicyclic) bond motifs is 2. The van der Waals surface area contributed by atoms with Crippen molar-refractivity contribution < 1.29 is 38.4 Å². The van der Waals surface area contributed by atoms with E-state index in [0.29, 0.717) is 35.7 Å². The first-order valence-corrected chi connectivity index (χ1v) is 15.7. The third kappa shape index (κ3) is 7.53. The van der Waals surface area contributed by atoms with Gasteiger partial charge in [-0.3, -0.25) is 9.59 Å². The molecule has 1 saturated carbocycles. The highest BCUT2D eigenvalue weighted by Crippen LogP contribution is 2.40. The molecular weight excluding hydrogens is 576 g/mol. The van der Waals surface area contributed by atoms with Gasteiger partial charge in [-0.05, 0) is 54.5 Å². The molecule has 2 aliphatic carbocycles. The predicted molar refractivity (Wildman–Crippen MR) is 165 cm³/mol. The molecule has 10 nitrogen and oxygen atoms in total. The van der Waals surface area contributed by atoms with Crippen molar-refractivity contribution in [2.24, 2.45) is 5.92 Å². The lowest BCUT2D eigenvalue weighted by Gasteiger charge is -2.33. The van der Waals surface area contributed by atoms with E-state index >= 15 is 0 Å². The summed E-state index contributed by atoms with van der Waals surface area (Å²) in [5.74, 6) is -0.743. The van der Waals surface area contributed by atoms with Crippen LogP contribution in [0.25, 0.3) is 6.08 Å². The van der Waals surface area contributed by atoms with Crippen LogP contribution >= 0.6 is 0 Å². The fourth-order valence-corrected chi connectivity index (χ4v) is 6.42. The number of esters is 1. The molecule has 0 spiro atoms. The molecule has 2 aromatic rings. The number of carbonyl (C=O) groups is 3. The van der Waals surface area contributed by atoms with Crippen LogP contribution in [0.1, 0.15) is 47.2 Å². The monoisotopic (exact) mass is 616 g/mol. The Morgan fingerprint density at radius 3 is 2.62 bits per heavy atom. The number of amides is 2. The Kier molecular flexibility index (Phi) is 9.75. The van der Waals surface area contributed by atoms with Crippen molar-refractivity contribution in [1.29, 1.82) is 0 Å². The first-order chi connectivity index (χ1) is 21.9. The number of nitrogens with zero attached hydrogens (tertiary/aromatic N) is 1. The molecule has 3 unspecified atom stereocenters. The van der Waals surface area contributed by atoms with Gasteiger partial charge in [0.2, 0.25) is 11.8 Å². The lowest BCUT2D eigenvalue weighted by Crippen LogP contribution is -2.51. The normalized spacial score (nSPS) is 27.6. The Morgan fingerprint density at radius 1 is 1.07 bits per heavy atom. The second-order valence-corrected chi connectivity index (χ2v) is 12.1. The summed E-state index contributed by atoms with van der Waals surface area (Å²) in [4.78, 5) is 41.5. The Hall–Kier alpha value is -3.83. The summed E-state index contributed by atoms with van der Waals surface area (Å²) in [6.45, 7) is -0.112. The molecule has 2 aromatic carbocycles. The number of allylic oxidation sites excluding steroid dienone is 1. The van der Waals surface area contributed by atoms with Crippen molar-refractivity contribution in [3.8, 4) is 0 Å². The van der Waals surface area contributed by atoms with Crippen LogP contribution in [0, 0.1) is 5.92 Å². The van der Waals surface area contributed by atoms with Crippen molar-refractivity contribution in [2.45, 2.75) is 68.7 Å². The average Bonchev–Trinajstić information content (AvgIpc) is 3.69. The summed E-state index contributed by atoms with van der Waals surface area (Å²) < 4.78 is 23.0. The van der Waals surface area contributed by atoms with E-state index in [1.165, 1.54) is 4.90 Å². The molecule has 0 aromatic heterocycles. The smallest absolute Gasteiger partial charge is 0.338 e. The van der Waals surface area contributed by atoms with Crippen LogP contribution in [0.4, 0.5) is 0 Å². The maximum Gasteiger partial charge on any atom is 0.338 e. The maximum atomic E-state index is 13.8. The number of aliphatic hydroxyl groups is 1. The highest BCUT2D eigenvalue weighted by atomic mass is 16.7. The number of ether oxygens (including phenoxy) is 4. The fraction of sp³-hybridized carbons (Fsp3) is 0.457. The number of hydrogen-bond donors (Lipinski definition) is 2. The molecule has 2 N–H and O–H groups in total. The minimum atomic E-state index is -0.823. The first-order valence-electron chi connectivity index (χ1n) is 15.7. The Balaban J connectivity index is 1.11. The highest BCUT2D eigenvalue weighted by molar-refractivity contribution is 5.97. The maximum absolute atomic E-state index is 13.8. The number of aliphatic hydroxyl groups excluding tert-OH is 1.